The van der Waals surface area contributed by atoms with Crippen molar-refractivity contribution in [1.29, 1.82) is 0 Å². The van der Waals surface area contributed by atoms with Crippen molar-refractivity contribution in [3.8, 4) is 0 Å². The molecule has 1 amide bonds. The Morgan fingerprint density at radius 2 is 2.10 bits per heavy atom. The Hall–Kier alpha value is -1.14. The van der Waals surface area contributed by atoms with E-state index in [-0.39, 0.29) is 11.9 Å². The number of carbonyl (C=O) groups excluding carboxylic acids is 2. The van der Waals surface area contributed by atoms with Crippen molar-refractivity contribution < 1.29 is 14.3 Å². The van der Waals surface area contributed by atoms with Crippen LogP contribution in [0.3, 0.4) is 0 Å². The maximum atomic E-state index is 11.9. The summed E-state index contributed by atoms with van der Waals surface area (Å²) in [6.07, 6.45) is 2.04. The molecule has 0 saturated carbocycles. The molecule has 0 spiro atoms. The Balaban J connectivity index is 2.13. The topological polar surface area (TPSA) is 70.7 Å². The average Bonchev–Trinajstić information content (AvgIpc) is 2.33. The number of rotatable bonds is 10. The van der Waals surface area contributed by atoms with E-state index in [1.54, 1.807) is 6.92 Å². The van der Waals surface area contributed by atoms with Crippen LogP contribution in [0, 0.1) is 0 Å². The van der Waals surface area contributed by atoms with Crippen molar-refractivity contribution in [2.45, 2.75) is 39.2 Å². The Kier molecular flexibility index (Phi) is 8.22. The molecule has 1 heterocycles. The molecule has 6 nitrogen and oxygen atoms in total. The summed E-state index contributed by atoms with van der Waals surface area (Å²) in [5.74, 6) is -0.163. The number of amides is 1. The van der Waals surface area contributed by atoms with Crippen molar-refractivity contribution in [1.82, 2.24) is 15.5 Å². The molecule has 1 rings (SSSR count). The summed E-state index contributed by atoms with van der Waals surface area (Å²) in [5.41, 5.74) is 0. The van der Waals surface area contributed by atoms with E-state index in [9.17, 15) is 9.59 Å². The Labute approximate surface area is 121 Å². The lowest BCUT2D eigenvalue weighted by Gasteiger charge is -2.37. The number of nitrogens with zero attached hydrogens (tertiary/aromatic N) is 1. The summed E-state index contributed by atoms with van der Waals surface area (Å²) in [4.78, 5) is 25.2. The van der Waals surface area contributed by atoms with Crippen LogP contribution in [0.5, 0.6) is 0 Å². The molecule has 0 bridgehead atoms. The summed E-state index contributed by atoms with van der Waals surface area (Å²) >= 11 is 0. The van der Waals surface area contributed by atoms with Crippen LogP contribution < -0.4 is 10.6 Å². The molecule has 20 heavy (non-hydrogen) atoms. The van der Waals surface area contributed by atoms with Gasteiger partial charge in [0, 0.05) is 32.1 Å². The summed E-state index contributed by atoms with van der Waals surface area (Å²) < 4.78 is 4.83. The van der Waals surface area contributed by atoms with Crippen molar-refractivity contribution in [2.24, 2.45) is 0 Å². The molecular formula is C14H27N3O3. The van der Waals surface area contributed by atoms with E-state index in [0.29, 0.717) is 38.6 Å². The number of nitrogens with one attached hydrogen (secondary N) is 2. The van der Waals surface area contributed by atoms with Gasteiger partial charge in [-0.1, -0.05) is 6.92 Å². The number of hydrogen-bond acceptors (Lipinski definition) is 5. The molecule has 0 aromatic rings. The summed E-state index contributed by atoms with van der Waals surface area (Å²) in [5, 5.41) is 6.09. The molecule has 0 aromatic carbocycles. The van der Waals surface area contributed by atoms with E-state index in [2.05, 4.69) is 22.5 Å². The van der Waals surface area contributed by atoms with Crippen LogP contribution in [0.15, 0.2) is 0 Å². The molecule has 6 heteroatoms. The third-order valence-electron chi connectivity index (χ3n) is 3.32. The molecule has 1 aliphatic rings. The second-order valence-electron chi connectivity index (χ2n) is 5.04. The summed E-state index contributed by atoms with van der Waals surface area (Å²) in [6, 6.07) is 0.486. The first-order chi connectivity index (χ1) is 9.67. The normalized spacial score (nSPS) is 14.9. The maximum Gasteiger partial charge on any atom is 0.305 e. The van der Waals surface area contributed by atoms with Crippen LogP contribution in [0.4, 0.5) is 0 Å². The van der Waals surface area contributed by atoms with Crippen LogP contribution in [0.1, 0.15) is 33.1 Å². The van der Waals surface area contributed by atoms with E-state index in [1.165, 1.54) is 0 Å². The van der Waals surface area contributed by atoms with E-state index in [4.69, 9.17) is 4.74 Å². The summed E-state index contributed by atoms with van der Waals surface area (Å²) in [6.45, 7) is 8.18. The van der Waals surface area contributed by atoms with Gasteiger partial charge >= 0.3 is 5.97 Å². The lowest BCUT2D eigenvalue weighted by molar-refractivity contribution is -0.143. The third kappa shape index (κ3) is 6.34. The fourth-order valence-electron chi connectivity index (χ4n) is 2.14. The molecule has 1 saturated heterocycles. The maximum absolute atomic E-state index is 11.9. The molecule has 0 radical (unpaired) electrons. The van der Waals surface area contributed by atoms with Crippen LogP contribution in [-0.4, -0.2) is 62.1 Å². The third-order valence-corrected chi connectivity index (χ3v) is 3.32. The Morgan fingerprint density at radius 1 is 1.35 bits per heavy atom. The van der Waals surface area contributed by atoms with Gasteiger partial charge in [-0.25, -0.2) is 0 Å². The molecule has 1 fully saturated rings. The highest BCUT2D eigenvalue weighted by atomic mass is 16.5. The minimum atomic E-state index is -0.199. The minimum absolute atomic E-state index is 0.0363. The van der Waals surface area contributed by atoms with Gasteiger partial charge in [0.15, 0.2) is 0 Å². The smallest absolute Gasteiger partial charge is 0.305 e. The van der Waals surface area contributed by atoms with Gasteiger partial charge in [-0.15, -0.1) is 0 Å². The number of ether oxygens (including phenoxy) is 1. The van der Waals surface area contributed by atoms with Gasteiger partial charge in [-0.05, 0) is 26.3 Å². The molecule has 0 atom stereocenters. The van der Waals surface area contributed by atoms with Gasteiger partial charge in [0.05, 0.1) is 13.2 Å². The highest BCUT2D eigenvalue weighted by molar-refractivity contribution is 5.78. The molecule has 2 N–H and O–H groups in total. The first-order valence-electron chi connectivity index (χ1n) is 7.54. The van der Waals surface area contributed by atoms with E-state index in [0.717, 1.165) is 26.1 Å². The van der Waals surface area contributed by atoms with Gasteiger partial charge in [0.2, 0.25) is 5.91 Å². The minimum Gasteiger partial charge on any atom is -0.466 e. The zero-order chi connectivity index (χ0) is 14.8. The van der Waals surface area contributed by atoms with Crippen LogP contribution in [0.2, 0.25) is 0 Å². The Bertz CT molecular complexity index is 306. The van der Waals surface area contributed by atoms with E-state index in [1.807, 2.05) is 0 Å². The molecule has 0 unspecified atom stereocenters. The lowest BCUT2D eigenvalue weighted by atomic mass is 10.1. The molecule has 0 aliphatic carbocycles. The van der Waals surface area contributed by atoms with Gasteiger partial charge in [-0.2, -0.15) is 0 Å². The fourth-order valence-corrected chi connectivity index (χ4v) is 2.14. The zero-order valence-electron chi connectivity index (χ0n) is 12.6. The van der Waals surface area contributed by atoms with Gasteiger partial charge < -0.3 is 15.4 Å². The Morgan fingerprint density at radius 3 is 2.65 bits per heavy atom. The van der Waals surface area contributed by atoms with Crippen molar-refractivity contribution in [3.05, 3.63) is 0 Å². The van der Waals surface area contributed by atoms with E-state index < -0.39 is 0 Å². The number of carbonyl (C=O) groups is 2. The second-order valence-corrected chi connectivity index (χ2v) is 5.04. The van der Waals surface area contributed by atoms with Crippen LogP contribution in [-0.2, 0) is 14.3 Å². The highest BCUT2D eigenvalue weighted by Crippen LogP contribution is 2.05. The predicted molar refractivity (Wildman–Crippen MR) is 77.4 cm³/mol. The lowest BCUT2D eigenvalue weighted by Crippen LogP contribution is -2.59. The van der Waals surface area contributed by atoms with Crippen molar-refractivity contribution >= 4 is 11.9 Å². The molecular weight excluding hydrogens is 258 g/mol. The number of hydrogen-bond donors (Lipinski definition) is 2. The fraction of sp³-hybridized carbons (Fsp3) is 0.857. The standard InChI is InChI=1S/C14H27N3O3/c1-3-8-17(12-9-15-10-12)11-13(18)16-7-5-6-14(19)20-4-2/h12,15H,3-11H2,1-2H3,(H,16,18). The molecule has 1 aliphatic heterocycles. The molecule has 0 aromatic heterocycles. The number of esters is 1. The van der Waals surface area contributed by atoms with Gasteiger partial charge in [0.1, 0.15) is 0 Å². The first kappa shape index (κ1) is 16.9. The van der Waals surface area contributed by atoms with Crippen LogP contribution >= 0.6 is 0 Å². The van der Waals surface area contributed by atoms with Crippen molar-refractivity contribution in [2.75, 3.05) is 39.3 Å². The van der Waals surface area contributed by atoms with Crippen LogP contribution in [0.25, 0.3) is 0 Å². The highest BCUT2D eigenvalue weighted by Gasteiger charge is 2.25. The van der Waals surface area contributed by atoms with Gasteiger partial charge in [-0.3, -0.25) is 14.5 Å². The zero-order valence-corrected chi connectivity index (χ0v) is 12.6. The predicted octanol–water partition coefficient (Wildman–Crippen LogP) is 0.130. The van der Waals surface area contributed by atoms with Gasteiger partial charge in [0.25, 0.3) is 0 Å². The monoisotopic (exact) mass is 285 g/mol. The van der Waals surface area contributed by atoms with E-state index >= 15 is 0 Å². The molecule has 116 valence electrons. The average molecular weight is 285 g/mol. The van der Waals surface area contributed by atoms with Crippen molar-refractivity contribution in [3.63, 3.8) is 0 Å². The summed E-state index contributed by atoms with van der Waals surface area (Å²) in [7, 11) is 0. The largest absolute Gasteiger partial charge is 0.466 e. The quantitative estimate of drug-likeness (QED) is 0.441. The first-order valence-corrected chi connectivity index (χ1v) is 7.54. The second kappa shape index (κ2) is 9.72. The SMILES string of the molecule is CCCN(CC(=O)NCCCC(=O)OCC)C1CNC1.